The highest BCUT2D eigenvalue weighted by Crippen LogP contribution is 2.33. The molecule has 3 atom stereocenters. The van der Waals surface area contributed by atoms with Crippen molar-refractivity contribution >= 4 is 64.9 Å². The summed E-state index contributed by atoms with van der Waals surface area (Å²) < 4.78 is 60.3. The van der Waals surface area contributed by atoms with E-state index in [1.165, 1.54) is 12.1 Å². The van der Waals surface area contributed by atoms with E-state index < -0.39 is 27.3 Å². The average Bonchev–Trinajstić information content (AvgIpc) is 3.19. The average molecular weight is 612 g/mol. The predicted octanol–water partition coefficient (Wildman–Crippen LogP) is 1.62. The van der Waals surface area contributed by atoms with E-state index in [0.717, 1.165) is 36.8 Å². The number of sulfone groups is 1. The number of hydrogen-bond donors (Lipinski definition) is 2. The van der Waals surface area contributed by atoms with Crippen LogP contribution in [0.1, 0.15) is 19.0 Å². The maximum absolute atomic E-state index is 14.3. The predicted molar refractivity (Wildman–Crippen MR) is 179 cm³/mol. The zero-order valence-corrected chi connectivity index (χ0v) is 27.1. The number of rotatable bonds is 9. The SMILES string of the molecule is BC(B)(B)Oc1cc(S(C)(=O)=O)ccc1NCC#Cc1cc2c(N[C@@H]3CCN(C)C[C@@H]3C)cccc2n1CC(F)(F)P. The number of fused-ring (bicyclic) bond motifs is 1. The molecule has 2 N–H and O–H groups in total. The molecule has 1 aliphatic rings. The molecule has 1 fully saturated rings. The molecule has 2 aromatic carbocycles. The van der Waals surface area contributed by atoms with Crippen LogP contribution >= 0.6 is 9.24 Å². The Morgan fingerprint density at radius 2 is 1.90 bits per heavy atom. The minimum atomic E-state index is -3.42. The summed E-state index contributed by atoms with van der Waals surface area (Å²) in [5.74, 6) is 6.97. The molecule has 0 saturated carbocycles. The second-order valence-electron chi connectivity index (χ2n) is 12.2. The van der Waals surface area contributed by atoms with E-state index in [0.29, 0.717) is 28.6 Å². The molecular formula is C28H38B3F2N4O3PS. The topological polar surface area (TPSA) is 75.6 Å². The number of alkyl halides is 2. The van der Waals surface area contributed by atoms with E-state index in [1.807, 2.05) is 47.8 Å². The van der Waals surface area contributed by atoms with Crippen molar-refractivity contribution in [2.24, 2.45) is 5.92 Å². The van der Waals surface area contributed by atoms with Crippen LogP contribution in [0.3, 0.4) is 0 Å². The van der Waals surface area contributed by atoms with Crippen LogP contribution in [-0.4, -0.2) is 91.4 Å². The van der Waals surface area contributed by atoms with Crippen molar-refractivity contribution in [1.82, 2.24) is 9.47 Å². The monoisotopic (exact) mass is 612 g/mol. The van der Waals surface area contributed by atoms with Crippen molar-refractivity contribution in [3.8, 4) is 17.6 Å². The molecule has 42 heavy (non-hydrogen) atoms. The molecule has 7 nitrogen and oxygen atoms in total. The van der Waals surface area contributed by atoms with Gasteiger partial charge in [0.05, 0.1) is 34.9 Å². The van der Waals surface area contributed by atoms with E-state index in [2.05, 4.69) is 41.3 Å². The van der Waals surface area contributed by atoms with E-state index in [-0.39, 0.29) is 17.5 Å². The number of aromatic nitrogens is 1. The third kappa shape index (κ3) is 8.46. The van der Waals surface area contributed by atoms with Crippen molar-refractivity contribution in [2.45, 2.75) is 41.8 Å². The number of hydrogen-bond acceptors (Lipinski definition) is 6. The number of ether oxygens (including phenoxy) is 1. The Kier molecular flexibility index (Phi) is 9.61. The number of piperidine rings is 1. The Hall–Kier alpha value is -2.67. The molecule has 14 heteroatoms. The Morgan fingerprint density at radius 3 is 2.55 bits per heavy atom. The molecule has 0 amide bonds. The van der Waals surface area contributed by atoms with Crippen molar-refractivity contribution < 1.29 is 21.9 Å². The molecule has 1 saturated heterocycles. The van der Waals surface area contributed by atoms with Gasteiger partial charge < -0.3 is 24.8 Å². The van der Waals surface area contributed by atoms with Gasteiger partial charge in [0.2, 0.25) is 0 Å². The maximum atomic E-state index is 14.3. The number of anilines is 2. The summed E-state index contributed by atoms with van der Waals surface area (Å²) in [7, 11) is 5.95. The van der Waals surface area contributed by atoms with Gasteiger partial charge in [-0.25, -0.2) is 17.2 Å². The Labute approximate surface area is 252 Å². The zero-order chi connectivity index (χ0) is 30.9. The summed E-state index contributed by atoms with van der Waals surface area (Å²) in [6.45, 7) is 3.89. The molecule has 1 aromatic heterocycles. The summed E-state index contributed by atoms with van der Waals surface area (Å²) >= 11 is 0. The molecule has 1 aliphatic heterocycles. The summed E-state index contributed by atoms with van der Waals surface area (Å²) in [5, 5.41) is 7.16. The molecule has 0 bridgehead atoms. The summed E-state index contributed by atoms with van der Waals surface area (Å²) in [6.07, 6.45) is 2.15. The third-order valence-electron chi connectivity index (χ3n) is 7.15. The van der Waals surface area contributed by atoms with Crippen LogP contribution in [0.2, 0.25) is 0 Å². The van der Waals surface area contributed by atoms with Gasteiger partial charge in [-0.3, -0.25) is 0 Å². The quantitative estimate of drug-likeness (QED) is 0.218. The van der Waals surface area contributed by atoms with Gasteiger partial charge in [-0.05, 0) is 62.2 Å². The Morgan fingerprint density at radius 1 is 1.17 bits per heavy atom. The second kappa shape index (κ2) is 12.5. The number of halogens is 2. The number of nitrogens with one attached hydrogen (secondary N) is 2. The third-order valence-corrected chi connectivity index (χ3v) is 8.44. The van der Waals surface area contributed by atoms with Gasteiger partial charge in [0.15, 0.2) is 9.84 Å². The first-order chi connectivity index (χ1) is 19.5. The van der Waals surface area contributed by atoms with Gasteiger partial charge in [-0.1, -0.05) is 28.2 Å². The number of likely N-dealkylation sites (tertiary alicyclic amines) is 1. The lowest BCUT2D eigenvalue weighted by molar-refractivity contribution is 0.0851. The highest BCUT2D eigenvalue weighted by molar-refractivity contribution is 7.90. The van der Waals surface area contributed by atoms with Crippen LogP contribution in [0, 0.1) is 17.8 Å². The van der Waals surface area contributed by atoms with Gasteiger partial charge >= 0.3 is 0 Å². The smallest absolute Gasteiger partial charge is 0.276 e. The van der Waals surface area contributed by atoms with Crippen LogP contribution < -0.4 is 15.4 Å². The van der Waals surface area contributed by atoms with Crippen molar-refractivity contribution in [3.05, 3.63) is 48.2 Å². The van der Waals surface area contributed by atoms with Gasteiger partial charge in [0.1, 0.15) is 29.3 Å². The molecule has 222 valence electrons. The van der Waals surface area contributed by atoms with Crippen molar-refractivity contribution in [2.75, 3.05) is 43.6 Å². The van der Waals surface area contributed by atoms with Crippen LogP contribution in [0.15, 0.2) is 47.4 Å². The highest BCUT2D eigenvalue weighted by Gasteiger charge is 2.27. The lowest BCUT2D eigenvalue weighted by Crippen LogP contribution is -2.43. The van der Waals surface area contributed by atoms with Gasteiger partial charge in [0.25, 0.3) is 5.66 Å². The molecule has 3 aromatic rings. The normalized spacial score (nSPS) is 18.3. The standard InChI is InChI=1S/C28H38B3F2N4O3PS/c1-18-16-36(2)13-11-22(18)35-23-7-4-8-25-21(23)14-19(37(25)17-27(32,33)41)6-5-12-34-24-10-9-20(42(3,38)39)15-26(24)40-28(29,30)31/h4,7-10,14-15,18,22,34-35H,11-13,16-17,29-31,41H2,1-3H3/t18-,22+/m0/s1. The van der Waals surface area contributed by atoms with Crippen molar-refractivity contribution in [3.63, 3.8) is 0 Å². The first kappa shape index (κ1) is 32.3. The van der Waals surface area contributed by atoms with Crippen molar-refractivity contribution in [1.29, 1.82) is 0 Å². The van der Waals surface area contributed by atoms with E-state index >= 15 is 0 Å². The summed E-state index contributed by atoms with van der Waals surface area (Å²) in [4.78, 5) is 2.47. The molecular weight excluding hydrogens is 574 g/mol. The zero-order valence-electron chi connectivity index (χ0n) is 25.1. The van der Waals surface area contributed by atoms with E-state index in [9.17, 15) is 17.2 Å². The van der Waals surface area contributed by atoms with Gasteiger partial charge in [-0.2, -0.15) is 0 Å². The van der Waals surface area contributed by atoms with Crippen LogP contribution in [0.25, 0.3) is 10.9 Å². The minimum absolute atomic E-state index is 0.153. The van der Waals surface area contributed by atoms with E-state index in [1.54, 1.807) is 19.9 Å². The fraction of sp³-hybridized carbons (Fsp3) is 0.429. The van der Waals surface area contributed by atoms with Crippen LogP contribution in [0.5, 0.6) is 5.75 Å². The molecule has 0 radical (unpaired) electrons. The summed E-state index contributed by atoms with van der Waals surface area (Å²) in [6, 6.07) is 12.5. The lowest BCUT2D eigenvalue weighted by Gasteiger charge is -2.36. The molecule has 4 rings (SSSR count). The first-order valence-corrected chi connectivity index (χ1v) is 16.5. The first-order valence-electron chi connectivity index (χ1n) is 14.0. The number of nitrogens with zero attached hydrogens (tertiary/aromatic N) is 2. The van der Waals surface area contributed by atoms with Gasteiger partial charge in [0, 0.05) is 41.3 Å². The molecule has 0 aliphatic carbocycles. The fourth-order valence-electron chi connectivity index (χ4n) is 5.23. The fourth-order valence-corrected chi connectivity index (χ4v) is 6.05. The van der Waals surface area contributed by atoms with E-state index in [4.69, 9.17) is 4.74 Å². The Balaban J connectivity index is 1.62. The van der Waals surface area contributed by atoms with Crippen LogP contribution in [-0.2, 0) is 16.4 Å². The molecule has 1 unspecified atom stereocenters. The molecule has 2 heterocycles. The lowest BCUT2D eigenvalue weighted by atomic mass is 9.52. The largest absolute Gasteiger partial charge is 0.511 e. The highest BCUT2D eigenvalue weighted by atomic mass is 32.2. The second-order valence-corrected chi connectivity index (χ2v) is 15.1. The Bertz CT molecular complexity index is 1610. The molecule has 0 spiro atoms. The summed E-state index contributed by atoms with van der Waals surface area (Å²) in [5.41, 5.74) is -0.332. The maximum Gasteiger partial charge on any atom is 0.276 e. The van der Waals surface area contributed by atoms with Crippen LogP contribution in [0.4, 0.5) is 20.2 Å². The van der Waals surface area contributed by atoms with Gasteiger partial charge in [-0.15, -0.1) is 0 Å². The minimum Gasteiger partial charge on any atom is -0.511 e. The number of benzene rings is 2.